The molecule has 5 heteroatoms. The zero-order chi connectivity index (χ0) is 16.4. The zero-order valence-electron chi connectivity index (χ0n) is 13.0. The molecule has 1 atom stereocenters. The summed E-state index contributed by atoms with van der Waals surface area (Å²) in [4.78, 5) is 25.6. The molecule has 1 saturated heterocycles. The van der Waals surface area contributed by atoms with E-state index in [1.807, 2.05) is 19.1 Å². The predicted octanol–water partition coefficient (Wildman–Crippen LogP) is 3.52. The maximum atomic E-state index is 12.8. The number of aryl methyl sites for hydroxylation is 1. The van der Waals surface area contributed by atoms with Crippen LogP contribution in [0.5, 0.6) is 0 Å². The van der Waals surface area contributed by atoms with Crippen molar-refractivity contribution in [3.8, 4) is 0 Å². The highest BCUT2D eigenvalue weighted by Crippen LogP contribution is 2.34. The van der Waals surface area contributed by atoms with Gasteiger partial charge in [-0.25, -0.2) is 4.79 Å². The zero-order valence-corrected chi connectivity index (χ0v) is 13.0. The number of amides is 1. The second-order valence-corrected chi connectivity index (χ2v) is 5.70. The molecule has 23 heavy (non-hydrogen) atoms. The number of furan rings is 1. The van der Waals surface area contributed by atoms with Crippen LogP contribution in [0.3, 0.4) is 0 Å². The number of aromatic carboxylic acids is 1. The molecule has 1 fully saturated rings. The third-order valence-corrected chi connectivity index (χ3v) is 4.23. The van der Waals surface area contributed by atoms with Crippen molar-refractivity contribution < 1.29 is 19.1 Å². The molecule has 5 nitrogen and oxygen atoms in total. The van der Waals surface area contributed by atoms with Crippen LogP contribution in [0.15, 0.2) is 40.8 Å². The fourth-order valence-electron chi connectivity index (χ4n) is 3.02. The number of rotatable bonds is 4. The highest BCUT2D eigenvalue weighted by molar-refractivity contribution is 5.97. The number of nitrogens with zero attached hydrogens (tertiary/aromatic N) is 1. The highest BCUT2D eigenvalue weighted by Gasteiger charge is 2.32. The van der Waals surface area contributed by atoms with Crippen molar-refractivity contribution in [3.63, 3.8) is 0 Å². The maximum Gasteiger partial charge on any atom is 0.335 e. The summed E-state index contributed by atoms with van der Waals surface area (Å²) in [5.41, 5.74) is 0.525. The minimum absolute atomic E-state index is 0.0729. The van der Waals surface area contributed by atoms with Gasteiger partial charge in [0, 0.05) is 18.5 Å². The van der Waals surface area contributed by atoms with Gasteiger partial charge >= 0.3 is 5.97 Å². The summed E-state index contributed by atoms with van der Waals surface area (Å²) in [5.74, 6) is 0.538. The summed E-state index contributed by atoms with van der Waals surface area (Å²) in [6, 6.07) is 9.98. The molecule has 1 unspecified atom stereocenters. The van der Waals surface area contributed by atoms with Crippen LogP contribution >= 0.6 is 0 Å². The standard InChI is InChI=1S/C18H19NO4/c1-2-14-8-9-16(23-14)15-7-4-10-19(15)17(20)12-5-3-6-13(11-12)18(21)22/h3,5-6,8-9,11,15H,2,4,7,10H2,1H3,(H,21,22). The van der Waals surface area contributed by atoms with Gasteiger partial charge in [-0.1, -0.05) is 13.0 Å². The lowest BCUT2D eigenvalue weighted by Gasteiger charge is -2.23. The normalized spacial score (nSPS) is 17.4. The van der Waals surface area contributed by atoms with Crippen molar-refractivity contribution in [2.24, 2.45) is 0 Å². The first-order valence-electron chi connectivity index (χ1n) is 7.83. The monoisotopic (exact) mass is 313 g/mol. The molecule has 1 aromatic carbocycles. The highest BCUT2D eigenvalue weighted by atomic mass is 16.4. The largest absolute Gasteiger partial charge is 0.478 e. The van der Waals surface area contributed by atoms with Gasteiger partial charge in [0.2, 0.25) is 0 Å². The van der Waals surface area contributed by atoms with Crippen LogP contribution in [0.25, 0.3) is 0 Å². The van der Waals surface area contributed by atoms with Gasteiger partial charge in [-0.05, 0) is 43.2 Å². The first kappa shape index (κ1) is 15.3. The van der Waals surface area contributed by atoms with Crippen LogP contribution in [-0.2, 0) is 6.42 Å². The Labute approximate surface area is 134 Å². The van der Waals surface area contributed by atoms with E-state index in [1.165, 1.54) is 12.1 Å². The Bertz CT molecular complexity index is 734. The molecule has 2 aromatic rings. The van der Waals surface area contributed by atoms with Gasteiger partial charge in [0.1, 0.15) is 11.5 Å². The smallest absolute Gasteiger partial charge is 0.335 e. The molecule has 0 spiro atoms. The molecule has 120 valence electrons. The van der Waals surface area contributed by atoms with Crippen molar-refractivity contribution in [2.75, 3.05) is 6.54 Å². The van der Waals surface area contributed by atoms with Gasteiger partial charge in [0.25, 0.3) is 5.91 Å². The van der Waals surface area contributed by atoms with E-state index in [0.29, 0.717) is 12.1 Å². The Morgan fingerprint density at radius 1 is 1.26 bits per heavy atom. The molecule has 2 heterocycles. The van der Waals surface area contributed by atoms with Gasteiger partial charge < -0.3 is 14.4 Å². The Balaban J connectivity index is 1.86. The molecule has 0 aliphatic carbocycles. The van der Waals surface area contributed by atoms with E-state index < -0.39 is 5.97 Å². The average molecular weight is 313 g/mol. The Hall–Kier alpha value is -2.56. The SMILES string of the molecule is CCc1ccc(C2CCCN2C(=O)c2cccc(C(=O)O)c2)o1. The predicted molar refractivity (Wildman–Crippen MR) is 84.5 cm³/mol. The van der Waals surface area contributed by atoms with Gasteiger partial charge in [0.15, 0.2) is 0 Å². The van der Waals surface area contributed by atoms with Crippen molar-refractivity contribution in [3.05, 3.63) is 59.0 Å². The number of benzene rings is 1. The van der Waals surface area contributed by atoms with Crippen LogP contribution in [0, 0.1) is 0 Å². The van der Waals surface area contributed by atoms with E-state index in [0.717, 1.165) is 30.8 Å². The molecule has 0 bridgehead atoms. The van der Waals surface area contributed by atoms with Gasteiger partial charge in [0.05, 0.1) is 11.6 Å². The lowest BCUT2D eigenvalue weighted by atomic mass is 10.1. The first-order chi connectivity index (χ1) is 11.1. The first-order valence-corrected chi connectivity index (χ1v) is 7.83. The molecule has 3 rings (SSSR count). The second kappa shape index (κ2) is 6.28. The molecule has 0 saturated carbocycles. The number of carboxylic acid groups (broad SMARTS) is 1. The summed E-state index contributed by atoms with van der Waals surface area (Å²) >= 11 is 0. The average Bonchev–Trinajstić information content (AvgIpc) is 3.22. The molecule has 1 aliphatic rings. The molecular formula is C18H19NO4. The number of carboxylic acids is 1. The summed E-state index contributed by atoms with van der Waals surface area (Å²) < 4.78 is 5.81. The molecule has 1 amide bonds. The number of hydrogen-bond donors (Lipinski definition) is 1. The molecule has 1 N–H and O–H groups in total. The maximum absolute atomic E-state index is 12.8. The minimum Gasteiger partial charge on any atom is -0.478 e. The van der Waals surface area contributed by atoms with Crippen LogP contribution in [0.2, 0.25) is 0 Å². The Kier molecular flexibility index (Phi) is 4.19. The van der Waals surface area contributed by atoms with Crippen molar-refractivity contribution in [2.45, 2.75) is 32.2 Å². The summed E-state index contributed by atoms with van der Waals surface area (Å²) in [6.45, 7) is 2.68. The van der Waals surface area contributed by atoms with Gasteiger partial charge in [-0.2, -0.15) is 0 Å². The Morgan fingerprint density at radius 3 is 2.74 bits per heavy atom. The molecule has 1 aromatic heterocycles. The van der Waals surface area contributed by atoms with Crippen LogP contribution in [0.1, 0.15) is 58.0 Å². The second-order valence-electron chi connectivity index (χ2n) is 5.70. The fourth-order valence-corrected chi connectivity index (χ4v) is 3.02. The van der Waals surface area contributed by atoms with E-state index in [1.54, 1.807) is 17.0 Å². The van der Waals surface area contributed by atoms with Crippen LogP contribution in [0.4, 0.5) is 0 Å². The fraction of sp³-hybridized carbons (Fsp3) is 0.333. The lowest BCUT2D eigenvalue weighted by Crippen LogP contribution is -2.30. The van der Waals surface area contributed by atoms with E-state index in [9.17, 15) is 9.59 Å². The Morgan fingerprint density at radius 2 is 2.04 bits per heavy atom. The van der Waals surface area contributed by atoms with E-state index >= 15 is 0 Å². The minimum atomic E-state index is -1.03. The lowest BCUT2D eigenvalue weighted by molar-refractivity contribution is 0.0697. The van der Waals surface area contributed by atoms with E-state index in [4.69, 9.17) is 9.52 Å². The number of carbonyl (C=O) groups excluding carboxylic acids is 1. The third-order valence-electron chi connectivity index (χ3n) is 4.23. The topological polar surface area (TPSA) is 70.8 Å². The molecule has 1 aliphatic heterocycles. The molecule has 0 radical (unpaired) electrons. The van der Waals surface area contributed by atoms with Crippen molar-refractivity contribution in [1.82, 2.24) is 4.90 Å². The quantitative estimate of drug-likeness (QED) is 0.937. The third kappa shape index (κ3) is 2.99. The number of hydrogen-bond acceptors (Lipinski definition) is 3. The number of carbonyl (C=O) groups is 2. The number of likely N-dealkylation sites (tertiary alicyclic amines) is 1. The van der Waals surface area contributed by atoms with Crippen LogP contribution < -0.4 is 0 Å². The van der Waals surface area contributed by atoms with Crippen LogP contribution in [-0.4, -0.2) is 28.4 Å². The van der Waals surface area contributed by atoms with Crippen molar-refractivity contribution >= 4 is 11.9 Å². The van der Waals surface area contributed by atoms with Crippen molar-refractivity contribution in [1.29, 1.82) is 0 Å². The van der Waals surface area contributed by atoms with Gasteiger partial charge in [-0.15, -0.1) is 0 Å². The summed E-state index contributed by atoms with van der Waals surface area (Å²) in [7, 11) is 0. The summed E-state index contributed by atoms with van der Waals surface area (Å²) in [5, 5.41) is 9.08. The van der Waals surface area contributed by atoms with E-state index in [2.05, 4.69) is 0 Å². The molecular weight excluding hydrogens is 294 g/mol. The summed E-state index contributed by atoms with van der Waals surface area (Å²) in [6.07, 6.45) is 2.60. The van der Waals surface area contributed by atoms with Gasteiger partial charge in [-0.3, -0.25) is 4.79 Å². The van der Waals surface area contributed by atoms with E-state index in [-0.39, 0.29) is 17.5 Å².